The minimum Gasteiger partial charge on any atom is -0.454 e. The Morgan fingerprint density at radius 1 is 0.957 bits per heavy atom. The van der Waals surface area contributed by atoms with E-state index in [0.29, 0.717) is 43.3 Å². The average molecular weight is 641 g/mol. The quantitative estimate of drug-likeness (QED) is 0.199. The number of benzene rings is 2. The number of amides is 1. The summed E-state index contributed by atoms with van der Waals surface area (Å²) in [6.45, 7) is 4.68. The zero-order chi connectivity index (χ0) is 32.8. The summed E-state index contributed by atoms with van der Waals surface area (Å²) in [6, 6.07) is 11.8. The SMILES string of the molecule is CCc1ccc(Oc2ccc(NC(=O)CCCc3cc(C(F)(F)F)cc(N4CCN(C)CC4)n3)cc2F)cc1CCC(=O)C1CC1. The molecule has 2 aliphatic rings. The molecule has 0 radical (unpaired) electrons. The molecule has 1 aromatic heterocycles. The highest BCUT2D eigenvalue weighted by molar-refractivity contribution is 5.90. The van der Waals surface area contributed by atoms with Gasteiger partial charge in [-0.15, -0.1) is 0 Å². The molecular formula is C35H40F4N4O3. The number of carbonyl (C=O) groups excluding carboxylic acids is 2. The summed E-state index contributed by atoms with van der Waals surface area (Å²) in [5.41, 5.74) is 1.89. The molecule has 2 fully saturated rings. The van der Waals surface area contributed by atoms with Crippen LogP contribution in [0.1, 0.15) is 61.4 Å². The molecule has 2 aromatic carbocycles. The van der Waals surface area contributed by atoms with Gasteiger partial charge in [0.15, 0.2) is 11.6 Å². The van der Waals surface area contributed by atoms with Gasteiger partial charge in [-0.05, 0) is 93.1 Å². The highest BCUT2D eigenvalue weighted by Gasteiger charge is 2.32. The van der Waals surface area contributed by atoms with Crippen LogP contribution in [0.4, 0.5) is 29.1 Å². The van der Waals surface area contributed by atoms with Gasteiger partial charge >= 0.3 is 6.18 Å². The van der Waals surface area contributed by atoms with Crippen molar-refractivity contribution in [1.29, 1.82) is 0 Å². The molecule has 7 nitrogen and oxygen atoms in total. The molecule has 246 valence electrons. The lowest BCUT2D eigenvalue weighted by molar-refractivity contribution is -0.137. The van der Waals surface area contributed by atoms with Crippen molar-refractivity contribution in [3.8, 4) is 11.5 Å². The van der Waals surface area contributed by atoms with Gasteiger partial charge in [0.2, 0.25) is 5.91 Å². The number of rotatable bonds is 13. The first kappa shape index (κ1) is 33.4. The van der Waals surface area contributed by atoms with E-state index in [1.165, 1.54) is 18.2 Å². The topological polar surface area (TPSA) is 74.8 Å². The number of pyridine rings is 1. The number of piperazine rings is 1. The third kappa shape index (κ3) is 9.05. The maximum atomic E-state index is 15.0. The lowest BCUT2D eigenvalue weighted by Gasteiger charge is -2.33. The number of likely N-dealkylation sites (N-methyl/N-ethyl adjacent to an activating group) is 1. The second-order valence-electron chi connectivity index (χ2n) is 12.2. The Morgan fingerprint density at radius 2 is 1.72 bits per heavy atom. The molecule has 0 unspecified atom stereocenters. The Labute approximate surface area is 266 Å². The first-order valence-electron chi connectivity index (χ1n) is 15.9. The number of ketones is 1. The fraction of sp³-hybridized carbons (Fsp3) is 0.457. The minimum absolute atomic E-state index is 0.00553. The summed E-state index contributed by atoms with van der Waals surface area (Å²) >= 11 is 0. The molecule has 5 rings (SSSR count). The molecule has 1 saturated carbocycles. The number of carbonyl (C=O) groups is 2. The molecule has 1 N–H and O–H groups in total. The number of aromatic nitrogens is 1. The maximum absolute atomic E-state index is 15.0. The largest absolute Gasteiger partial charge is 0.454 e. The van der Waals surface area contributed by atoms with E-state index in [9.17, 15) is 27.2 Å². The average Bonchev–Trinajstić information content (AvgIpc) is 3.87. The van der Waals surface area contributed by atoms with E-state index in [4.69, 9.17) is 4.74 Å². The standard InChI is InChI=1S/C35H40F4N4O3/c1-3-23-9-12-29(19-25(23)10-13-31(44)24-7-8-24)46-32-14-11-28(22-30(32)36)41-34(45)6-4-5-27-20-26(35(37,38)39)21-33(40-27)43-17-15-42(2)16-18-43/h9,11-12,14,19-22,24H,3-8,10,13,15-18H2,1-2H3,(H,41,45). The molecule has 1 aliphatic carbocycles. The van der Waals surface area contributed by atoms with Crippen molar-refractivity contribution >= 4 is 23.2 Å². The van der Waals surface area contributed by atoms with E-state index in [2.05, 4.69) is 15.2 Å². The van der Waals surface area contributed by atoms with Gasteiger partial charge in [0.05, 0.1) is 5.56 Å². The molecule has 2 heterocycles. The molecule has 0 atom stereocenters. The van der Waals surface area contributed by atoms with Gasteiger partial charge in [0.25, 0.3) is 0 Å². The van der Waals surface area contributed by atoms with Gasteiger partial charge in [-0.1, -0.05) is 13.0 Å². The van der Waals surface area contributed by atoms with Gasteiger partial charge in [0.1, 0.15) is 17.4 Å². The number of hydrogen-bond acceptors (Lipinski definition) is 6. The molecule has 46 heavy (non-hydrogen) atoms. The summed E-state index contributed by atoms with van der Waals surface area (Å²) in [4.78, 5) is 33.2. The maximum Gasteiger partial charge on any atom is 0.416 e. The molecule has 0 bridgehead atoms. The molecule has 1 amide bonds. The van der Waals surface area contributed by atoms with Crippen molar-refractivity contribution in [2.75, 3.05) is 43.4 Å². The number of aryl methyl sites for hydroxylation is 3. The van der Waals surface area contributed by atoms with E-state index in [1.54, 1.807) is 6.07 Å². The van der Waals surface area contributed by atoms with E-state index < -0.39 is 17.6 Å². The molecule has 11 heteroatoms. The van der Waals surface area contributed by atoms with Crippen molar-refractivity contribution < 1.29 is 31.9 Å². The van der Waals surface area contributed by atoms with Crippen molar-refractivity contribution in [2.24, 2.45) is 5.92 Å². The van der Waals surface area contributed by atoms with Crippen LogP contribution in [0, 0.1) is 11.7 Å². The van der Waals surface area contributed by atoms with Crippen LogP contribution in [0.5, 0.6) is 11.5 Å². The molecule has 1 saturated heterocycles. The fourth-order valence-corrected chi connectivity index (χ4v) is 5.61. The summed E-state index contributed by atoms with van der Waals surface area (Å²) in [6.07, 6.45) is -0.153. The van der Waals surface area contributed by atoms with Gasteiger partial charge < -0.3 is 19.9 Å². The van der Waals surface area contributed by atoms with Crippen LogP contribution in [0.3, 0.4) is 0 Å². The second-order valence-corrected chi connectivity index (χ2v) is 12.2. The van der Waals surface area contributed by atoms with Crippen LogP contribution in [-0.2, 0) is 35.0 Å². The van der Waals surface area contributed by atoms with Crippen LogP contribution in [-0.4, -0.2) is 54.8 Å². The van der Waals surface area contributed by atoms with Crippen LogP contribution >= 0.6 is 0 Å². The lowest BCUT2D eigenvalue weighted by atomic mass is 9.98. The number of Topliss-reactive ketones (excluding diaryl/α,β-unsaturated/α-hetero) is 1. The lowest BCUT2D eigenvalue weighted by Crippen LogP contribution is -2.45. The number of nitrogens with zero attached hydrogens (tertiary/aromatic N) is 3. The number of nitrogens with one attached hydrogen (secondary N) is 1. The van der Waals surface area contributed by atoms with Crippen LogP contribution in [0.25, 0.3) is 0 Å². The number of hydrogen-bond donors (Lipinski definition) is 1. The Balaban J connectivity index is 1.15. The smallest absolute Gasteiger partial charge is 0.416 e. The Bertz CT molecular complexity index is 1550. The minimum atomic E-state index is -4.51. The predicted molar refractivity (Wildman–Crippen MR) is 169 cm³/mol. The normalized spacial score (nSPS) is 15.6. The Kier molecular flexibility index (Phi) is 10.6. The van der Waals surface area contributed by atoms with Gasteiger partial charge in [0, 0.05) is 62.4 Å². The Hall–Kier alpha value is -3.99. The van der Waals surface area contributed by atoms with Gasteiger partial charge in [-0.3, -0.25) is 9.59 Å². The second kappa shape index (κ2) is 14.6. The highest BCUT2D eigenvalue weighted by Crippen LogP contribution is 2.34. The van der Waals surface area contributed by atoms with E-state index in [-0.39, 0.29) is 48.2 Å². The summed E-state index contributed by atoms with van der Waals surface area (Å²) in [5, 5.41) is 2.65. The predicted octanol–water partition coefficient (Wildman–Crippen LogP) is 7.22. The summed E-state index contributed by atoms with van der Waals surface area (Å²) in [7, 11) is 1.97. The number of alkyl halides is 3. The van der Waals surface area contributed by atoms with Crippen LogP contribution in [0.2, 0.25) is 0 Å². The first-order valence-corrected chi connectivity index (χ1v) is 15.9. The third-order valence-corrected chi connectivity index (χ3v) is 8.53. The number of anilines is 2. The first-order chi connectivity index (χ1) is 22.0. The van der Waals surface area contributed by atoms with E-state index in [0.717, 1.165) is 55.6 Å². The van der Waals surface area contributed by atoms with Crippen molar-refractivity contribution in [1.82, 2.24) is 9.88 Å². The fourth-order valence-electron chi connectivity index (χ4n) is 5.61. The summed E-state index contributed by atoms with van der Waals surface area (Å²) in [5.74, 6) is 0.202. The van der Waals surface area contributed by atoms with Gasteiger partial charge in [-0.25, -0.2) is 9.37 Å². The molecule has 0 spiro atoms. The van der Waals surface area contributed by atoms with E-state index in [1.807, 2.05) is 31.0 Å². The summed E-state index contributed by atoms with van der Waals surface area (Å²) < 4.78 is 61.6. The number of ether oxygens (including phenoxy) is 1. The third-order valence-electron chi connectivity index (χ3n) is 8.53. The highest BCUT2D eigenvalue weighted by atomic mass is 19.4. The molecule has 1 aliphatic heterocycles. The molecular weight excluding hydrogens is 600 g/mol. The zero-order valence-electron chi connectivity index (χ0n) is 26.3. The van der Waals surface area contributed by atoms with E-state index >= 15 is 0 Å². The van der Waals surface area contributed by atoms with Gasteiger partial charge in [-0.2, -0.15) is 13.2 Å². The number of halogens is 4. The zero-order valence-corrected chi connectivity index (χ0v) is 26.3. The van der Waals surface area contributed by atoms with Crippen molar-refractivity contribution in [2.45, 2.75) is 64.5 Å². The van der Waals surface area contributed by atoms with Crippen LogP contribution in [0.15, 0.2) is 48.5 Å². The monoisotopic (exact) mass is 640 g/mol. The van der Waals surface area contributed by atoms with Crippen molar-refractivity contribution in [3.05, 3.63) is 76.7 Å². The Morgan fingerprint density at radius 3 is 2.39 bits per heavy atom. The van der Waals surface area contributed by atoms with Crippen molar-refractivity contribution in [3.63, 3.8) is 0 Å². The van der Waals surface area contributed by atoms with Crippen LogP contribution < -0.4 is 15.0 Å². The molecule has 3 aromatic rings.